The van der Waals surface area contributed by atoms with Gasteiger partial charge >= 0.3 is 0 Å². The van der Waals surface area contributed by atoms with E-state index in [1.807, 2.05) is 28.0 Å². The number of anilines is 2. The standard InChI is InChI=1S/C19H23N7O2/c27-15-23-7-9-26(10-8-23)19-21-6-4-16(22-19)18(28)25-13-11-24(12-14-25)17-3-1-2-5-20-17/h1-6,15H,7-14H2. The van der Waals surface area contributed by atoms with Gasteiger partial charge in [-0.1, -0.05) is 6.07 Å². The van der Waals surface area contributed by atoms with E-state index in [1.54, 1.807) is 23.4 Å². The van der Waals surface area contributed by atoms with Gasteiger partial charge in [0, 0.05) is 64.8 Å². The highest BCUT2D eigenvalue weighted by molar-refractivity contribution is 5.92. The number of amides is 2. The van der Waals surface area contributed by atoms with Crippen molar-refractivity contribution in [3.05, 3.63) is 42.4 Å². The van der Waals surface area contributed by atoms with Gasteiger partial charge in [0.05, 0.1) is 0 Å². The molecule has 0 aromatic carbocycles. The summed E-state index contributed by atoms with van der Waals surface area (Å²) in [6, 6.07) is 7.52. The molecule has 0 radical (unpaired) electrons. The lowest BCUT2D eigenvalue weighted by atomic mass is 10.2. The van der Waals surface area contributed by atoms with E-state index in [0.29, 0.717) is 50.9 Å². The Kier molecular flexibility index (Phi) is 5.31. The fourth-order valence-corrected chi connectivity index (χ4v) is 3.49. The van der Waals surface area contributed by atoms with Crippen LogP contribution in [0.15, 0.2) is 36.7 Å². The molecule has 146 valence electrons. The fourth-order valence-electron chi connectivity index (χ4n) is 3.49. The van der Waals surface area contributed by atoms with E-state index in [0.717, 1.165) is 25.3 Å². The van der Waals surface area contributed by atoms with Crippen molar-refractivity contribution in [2.45, 2.75) is 0 Å². The van der Waals surface area contributed by atoms with E-state index in [4.69, 9.17) is 0 Å². The number of carbonyl (C=O) groups excluding carboxylic acids is 2. The molecule has 2 aromatic heterocycles. The Labute approximate surface area is 163 Å². The zero-order chi connectivity index (χ0) is 19.3. The van der Waals surface area contributed by atoms with Crippen LogP contribution in [-0.2, 0) is 4.79 Å². The van der Waals surface area contributed by atoms with Gasteiger partial charge < -0.3 is 19.6 Å². The van der Waals surface area contributed by atoms with Crippen molar-refractivity contribution in [1.29, 1.82) is 0 Å². The first-order valence-corrected chi connectivity index (χ1v) is 9.47. The second kappa shape index (κ2) is 8.20. The molecule has 2 saturated heterocycles. The Hall–Kier alpha value is -3.23. The van der Waals surface area contributed by atoms with Gasteiger partial charge in [0.25, 0.3) is 5.91 Å². The van der Waals surface area contributed by atoms with E-state index in [-0.39, 0.29) is 5.91 Å². The van der Waals surface area contributed by atoms with Crippen molar-refractivity contribution in [2.24, 2.45) is 0 Å². The number of pyridine rings is 1. The smallest absolute Gasteiger partial charge is 0.272 e. The highest BCUT2D eigenvalue weighted by Crippen LogP contribution is 2.15. The first kappa shape index (κ1) is 18.1. The molecule has 2 amide bonds. The second-order valence-electron chi connectivity index (χ2n) is 6.84. The quantitative estimate of drug-likeness (QED) is 0.695. The molecule has 9 nitrogen and oxygen atoms in total. The van der Waals surface area contributed by atoms with Gasteiger partial charge in [-0.3, -0.25) is 9.59 Å². The van der Waals surface area contributed by atoms with Crippen molar-refractivity contribution in [2.75, 3.05) is 62.2 Å². The maximum Gasteiger partial charge on any atom is 0.272 e. The van der Waals surface area contributed by atoms with E-state index < -0.39 is 0 Å². The molecule has 0 unspecified atom stereocenters. The molecule has 0 spiro atoms. The molecule has 4 heterocycles. The second-order valence-corrected chi connectivity index (χ2v) is 6.84. The highest BCUT2D eigenvalue weighted by atomic mass is 16.2. The van der Waals surface area contributed by atoms with Crippen LogP contribution in [0.2, 0.25) is 0 Å². The summed E-state index contributed by atoms with van der Waals surface area (Å²) >= 11 is 0. The van der Waals surface area contributed by atoms with Crippen molar-refractivity contribution in [1.82, 2.24) is 24.8 Å². The summed E-state index contributed by atoms with van der Waals surface area (Å²) in [6.07, 6.45) is 4.28. The minimum atomic E-state index is -0.0733. The first-order valence-electron chi connectivity index (χ1n) is 9.47. The van der Waals surface area contributed by atoms with Gasteiger partial charge in [-0.05, 0) is 18.2 Å². The summed E-state index contributed by atoms with van der Waals surface area (Å²) in [5.74, 6) is 1.41. The molecule has 0 bridgehead atoms. The molecule has 2 aliphatic heterocycles. The van der Waals surface area contributed by atoms with Gasteiger partial charge in [-0.2, -0.15) is 0 Å². The van der Waals surface area contributed by atoms with E-state index >= 15 is 0 Å². The molecule has 0 N–H and O–H groups in total. The molecular formula is C19H23N7O2. The van der Waals surface area contributed by atoms with Crippen LogP contribution >= 0.6 is 0 Å². The third-order valence-corrected chi connectivity index (χ3v) is 5.15. The number of hydrogen-bond donors (Lipinski definition) is 0. The Balaban J connectivity index is 1.38. The molecule has 2 aromatic rings. The minimum Gasteiger partial charge on any atom is -0.353 e. The summed E-state index contributed by atoms with van der Waals surface area (Å²) < 4.78 is 0. The van der Waals surface area contributed by atoms with Crippen LogP contribution in [0.3, 0.4) is 0 Å². The zero-order valence-corrected chi connectivity index (χ0v) is 15.6. The molecular weight excluding hydrogens is 358 g/mol. The molecule has 0 aliphatic carbocycles. The topological polar surface area (TPSA) is 85.8 Å². The lowest BCUT2D eigenvalue weighted by molar-refractivity contribution is -0.118. The molecule has 4 rings (SSSR count). The number of piperazine rings is 2. The van der Waals surface area contributed by atoms with Gasteiger partial charge in [0.2, 0.25) is 12.4 Å². The number of nitrogens with zero attached hydrogens (tertiary/aromatic N) is 7. The lowest BCUT2D eigenvalue weighted by Gasteiger charge is -2.35. The van der Waals surface area contributed by atoms with Crippen molar-refractivity contribution in [3.8, 4) is 0 Å². The first-order chi connectivity index (χ1) is 13.7. The number of rotatable bonds is 4. The molecule has 28 heavy (non-hydrogen) atoms. The molecule has 2 fully saturated rings. The predicted molar refractivity (Wildman–Crippen MR) is 104 cm³/mol. The van der Waals surface area contributed by atoms with Crippen molar-refractivity contribution in [3.63, 3.8) is 0 Å². The van der Waals surface area contributed by atoms with E-state index in [2.05, 4.69) is 19.9 Å². The summed E-state index contributed by atoms with van der Waals surface area (Å²) in [7, 11) is 0. The van der Waals surface area contributed by atoms with Crippen LogP contribution in [0.4, 0.5) is 11.8 Å². The van der Waals surface area contributed by atoms with Crippen LogP contribution < -0.4 is 9.80 Å². The summed E-state index contributed by atoms with van der Waals surface area (Å²) in [6.45, 7) is 5.36. The third-order valence-electron chi connectivity index (χ3n) is 5.15. The largest absolute Gasteiger partial charge is 0.353 e. The average molecular weight is 381 g/mol. The average Bonchev–Trinajstić information content (AvgIpc) is 2.79. The van der Waals surface area contributed by atoms with Gasteiger partial charge in [0.1, 0.15) is 11.5 Å². The van der Waals surface area contributed by atoms with Crippen LogP contribution in [0.25, 0.3) is 0 Å². The zero-order valence-electron chi connectivity index (χ0n) is 15.6. The van der Waals surface area contributed by atoms with Crippen molar-refractivity contribution < 1.29 is 9.59 Å². The molecule has 2 aliphatic rings. The third kappa shape index (κ3) is 3.88. The van der Waals surface area contributed by atoms with Gasteiger partial charge in [-0.25, -0.2) is 15.0 Å². The maximum atomic E-state index is 12.9. The molecule has 0 saturated carbocycles. The summed E-state index contributed by atoms with van der Waals surface area (Å²) in [5.41, 5.74) is 0.411. The minimum absolute atomic E-state index is 0.0733. The Morgan fingerprint density at radius 1 is 0.857 bits per heavy atom. The van der Waals surface area contributed by atoms with Crippen molar-refractivity contribution >= 4 is 24.1 Å². The number of hydrogen-bond acceptors (Lipinski definition) is 7. The summed E-state index contributed by atoms with van der Waals surface area (Å²) in [4.78, 5) is 44.7. The summed E-state index contributed by atoms with van der Waals surface area (Å²) in [5, 5.41) is 0. The van der Waals surface area contributed by atoms with E-state index in [9.17, 15) is 9.59 Å². The van der Waals surface area contributed by atoms with Crippen LogP contribution in [0.1, 0.15) is 10.5 Å². The normalized spacial score (nSPS) is 17.6. The fraction of sp³-hybridized carbons (Fsp3) is 0.421. The monoisotopic (exact) mass is 381 g/mol. The SMILES string of the molecule is O=CN1CCN(c2nccc(C(=O)N3CCN(c4ccccn4)CC3)n2)CC1. The Bertz CT molecular complexity index is 816. The number of aromatic nitrogens is 3. The van der Waals surface area contributed by atoms with Crippen LogP contribution in [-0.4, -0.2) is 89.4 Å². The lowest BCUT2D eigenvalue weighted by Crippen LogP contribution is -2.49. The predicted octanol–water partition coefficient (Wildman–Crippen LogP) is 0.112. The maximum absolute atomic E-state index is 12.9. The Morgan fingerprint density at radius 2 is 1.61 bits per heavy atom. The molecule has 9 heteroatoms. The highest BCUT2D eigenvalue weighted by Gasteiger charge is 2.25. The van der Waals surface area contributed by atoms with Crippen LogP contribution in [0.5, 0.6) is 0 Å². The Morgan fingerprint density at radius 3 is 2.29 bits per heavy atom. The number of carbonyl (C=O) groups is 2. The van der Waals surface area contributed by atoms with Crippen LogP contribution in [0, 0.1) is 0 Å². The molecule has 0 atom stereocenters. The van der Waals surface area contributed by atoms with Gasteiger partial charge in [-0.15, -0.1) is 0 Å². The van der Waals surface area contributed by atoms with Gasteiger partial charge in [0.15, 0.2) is 0 Å². The van der Waals surface area contributed by atoms with E-state index in [1.165, 1.54) is 0 Å².